The zero-order chi connectivity index (χ0) is 14.5. The maximum atomic E-state index is 9.56. The highest BCUT2D eigenvalue weighted by atomic mass is 16.5. The van der Waals surface area contributed by atoms with Crippen molar-refractivity contribution in [2.24, 2.45) is 5.92 Å². The SMILES string of the molecule is CC1CCCN(C(C#N)c2cccc(OC(C)C)c2)C1. The standard InChI is InChI=1S/C17H24N2O/c1-13(2)20-16-8-4-7-15(10-16)17(11-18)19-9-5-6-14(3)12-19/h4,7-8,10,13-14,17H,5-6,9,12H2,1-3H3. The molecule has 2 unspecified atom stereocenters. The summed E-state index contributed by atoms with van der Waals surface area (Å²) in [7, 11) is 0. The molecule has 0 spiro atoms. The zero-order valence-electron chi connectivity index (χ0n) is 12.7. The van der Waals surface area contributed by atoms with Crippen molar-refractivity contribution in [2.45, 2.75) is 45.8 Å². The minimum atomic E-state index is -0.159. The molecule has 0 aromatic heterocycles. The van der Waals surface area contributed by atoms with E-state index in [1.807, 2.05) is 38.1 Å². The van der Waals surface area contributed by atoms with Crippen LogP contribution in [0, 0.1) is 17.2 Å². The number of hydrogen-bond acceptors (Lipinski definition) is 3. The van der Waals surface area contributed by atoms with Gasteiger partial charge in [-0.1, -0.05) is 19.1 Å². The number of likely N-dealkylation sites (tertiary alicyclic amines) is 1. The van der Waals surface area contributed by atoms with Gasteiger partial charge in [0.2, 0.25) is 0 Å². The lowest BCUT2D eigenvalue weighted by Crippen LogP contribution is -2.36. The molecule has 1 saturated heterocycles. The van der Waals surface area contributed by atoms with E-state index in [0.717, 1.165) is 24.4 Å². The normalized spacial score (nSPS) is 21.4. The number of ether oxygens (including phenoxy) is 1. The van der Waals surface area contributed by atoms with Crippen LogP contribution in [0.4, 0.5) is 0 Å². The molecule has 20 heavy (non-hydrogen) atoms. The predicted octanol–water partition coefficient (Wildman–Crippen LogP) is 3.77. The molecule has 1 aromatic rings. The van der Waals surface area contributed by atoms with Gasteiger partial charge in [-0.2, -0.15) is 5.26 Å². The topological polar surface area (TPSA) is 36.3 Å². The number of piperidine rings is 1. The Labute approximate surface area is 122 Å². The minimum Gasteiger partial charge on any atom is -0.491 e. The molecular weight excluding hydrogens is 248 g/mol. The summed E-state index contributed by atoms with van der Waals surface area (Å²) in [5.41, 5.74) is 1.04. The molecule has 2 rings (SSSR count). The lowest BCUT2D eigenvalue weighted by atomic mass is 9.96. The Morgan fingerprint density at radius 3 is 2.85 bits per heavy atom. The van der Waals surface area contributed by atoms with Gasteiger partial charge in [0, 0.05) is 6.54 Å². The molecule has 0 amide bonds. The Kier molecular flexibility index (Phi) is 5.03. The average Bonchev–Trinajstić information content (AvgIpc) is 2.39. The molecule has 1 aromatic carbocycles. The van der Waals surface area contributed by atoms with Crippen LogP contribution in [0.25, 0.3) is 0 Å². The average molecular weight is 272 g/mol. The molecular formula is C17H24N2O. The highest BCUT2D eigenvalue weighted by Crippen LogP contribution is 2.28. The maximum absolute atomic E-state index is 9.56. The van der Waals surface area contributed by atoms with Crippen LogP contribution in [0.3, 0.4) is 0 Å². The smallest absolute Gasteiger partial charge is 0.124 e. The second-order valence-corrected chi connectivity index (χ2v) is 6.01. The highest BCUT2D eigenvalue weighted by Gasteiger charge is 2.25. The van der Waals surface area contributed by atoms with Gasteiger partial charge in [-0.3, -0.25) is 4.90 Å². The van der Waals surface area contributed by atoms with Crippen LogP contribution in [-0.2, 0) is 0 Å². The molecule has 2 atom stereocenters. The fraction of sp³-hybridized carbons (Fsp3) is 0.588. The third-order valence-electron chi connectivity index (χ3n) is 3.72. The number of rotatable bonds is 4. The largest absolute Gasteiger partial charge is 0.491 e. The van der Waals surface area contributed by atoms with Gasteiger partial charge in [-0.15, -0.1) is 0 Å². The van der Waals surface area contributed by atoms with Crippen LogP contribution in [0.15, 0.2) is 24.3 Å². The van der Waals surface area contributed by atoms with Crippen molar-refractivity contribution in [3.05, 3.63) is 29.8 Å². The van der Waals surface area contributed by atoms with Gasteiger partial charge in [0.05, 0.1) is 12.2 Å². The Bertz CT molecular complexity index is 478. The second kappa shape index (κ2) is 6.76. The molecule has 1 fully saturated rings. The summed E-state index contributed by atoms with van der Waals surface area (Å²) in [5.74, 6) is 1.53. The first-order valence-corrected chi connectivity index (χ1v) is 7.50. The van der Waals surface area contributed by atoms with Gasteiger partial charge >= 0.3 is 0 Å². The molecule has 0 N–H and O–H groups in total. The van der Waals surface area contributed by atoms with Gasteiger partial charge in [-0.05, 0) is 56.8 Å². The van der Waals surface area contributed by atoms with E-state index < -0.39 is 0 Å². The molecule has 1 aliphatic rings. The number of hydrogen-bond donors (Lipinski definition) is 0. The predicted molar refractivity (Wildman–Crippen MR) is 80.5 cm³/mol. The molecule has 3 nitrogen and oxygen atoms in total. The molecule has 3 heteroatoms. The van der Waals surface area contributed by atoms with E-state index in [1.165, 1.54) is 12.8 Å². The summed E-state index contributed by atoms with van der Waals surface area (Å²) in [6, 6.07) is 10.3. The summed E-state index contributed by atoms with van der Waals surface area (Å²) in [5, 5.41) is 9.56. The second-order valence-electron chi connectivity index (χ2n) is 6.01. The number of nitriles is 1. The van der Waals surface area contributed by atoms with Gasteiger partial charge in [-0.25, -0.2) is 0 Å². The first-order valence-electron chi connectivity index (χ1n) is 7.50. The molecule has 0 saturated carbocycles. The highest BCUT2D eigenvalue weighted by molar-refractivity contribution is 5.33. The summed E-state index contributed by atoms with van der Waals surface area (Å²) >= 11 is 0. The van der Waals surface area contributed by atoms with E-state index in [2.05, 4.69) is 17.9 Å². The summed E-state index contributed by atoms with van der Waals surface area (Å²) < 4.78 is 5.73. The van der Waals surface area contributed by atoms with Gasteiger partial charge in [0.1, 0.15) is 11.8 Å². The first-order chi connectivity index (χ1) is 9.60. The minimum absolute atomic E-state index is 0.154. The molecule has 0 bridgehead atoms. The quantitative estimate of drug-likeness (QED) is 0.837. The third kappa shape index (κ3) is 3.74. The van der Waals surface area contributed by atoms with Crippen LogP contribution in [0.2, 0.25) is 0 Å². The Hall–Kier alpha value is -1.53. The van der Waals surface area contributed by atoms with Gasteiger partial charge < -0.3 is 4.74 Å². The van der Waals surface area contributed by atoms with Gasteiger partial charge in [0.25, 0.3) is 0 Å². The third-order valence-corrected chi connectivity index (χ3v) is 3.72. The van der Waals surface area contributed by atoms with E-state index in [9.17, 15) is 5.26 Å². The first kappa shape index (κ1) is 14.9. The Morgan fingerprint density at radius 1 is 1.40 bits per heavy atom. The van der Waals surface area contributed by atoms with Crippen molar-refractivity contribution in [2.75, 3.05) is 13.1 Å². The fourth-order valence-corrected chi connectivity index (χ4v) is 2.86. The fourth-order valence-electron chi connectivity index (χ4n) is 2.86. The van der Waals surface area contributed by atoms with Crippen LogP contribution >= 0.6 is 0 Å². The number of benzene rings is 1. The Morgan fingerprint density at radius 2 is 2.20 bits per heavy atom. The van der Waals surface area contributed by atoms with E-state index in [-0.39, 0.29) is 12.1 Å². The van der Waals surface area contributed by atoms with Crippen LogP contribution in [-0.4, -0.2) is 24.1 Å². The van der Waals surface area contributed by atoms with Crippen molar-refractivity contribution >= 4 is 0 Å². The Balaban J connectivity index is 2.17. The molecule has 108 valence electrons. The summed E-state index contributed by atoms with van der Waals surface area (Å²) in [4.78, 5) is 2.29. The van der Waals surface area contributed by atoms with Gasteiger partial charge in [0.15, 0.2) is 0 Å². The molecule has 0 radical (unpaired) electrons. The summed E-state index contributed by atoms with van der Waals surface area (Å²) in [6.07, 6.45) is 2.60. The van der Waals surface area contributed by atoms with Crippen molar-refractivity contribution in [1.29, 1.82) is 5.26 Å². The van der Waals surface area contributed by atoms with Crippen LogP contribution < -0.4 is 4.74 Å². The molecule has 1 heterocycles. The molecule has 0 aliphatic carbocycles. The van der Waals surface area contributed by atoms with E-state index in [4.69, 9.17) is 4.74 Å². The van der Waals surface area contributed by atoms with Crippen molar-refractivity contribution in [3.8, 4) is 11.8 Å². The van der Waals surface area contributed by atoms with E-state index >= 15 is 0 Å². The number of nitrogens with zero attached hydrogens (tertiary/aromatic N) is 2. The molecule has 1 aliphatic heterocycles. The monoisotopic (exact) mass is 272 g/mol. The van der Waals surface area contributed by atoms with Crippen molar-refractivity contribution in [1.82, 2.24) is 4.90 Å². The van der Waals surface area contributed by atoms with Crippen molar-refractivity contribution < 1.29 is 4.74 Å². The zero-order valence-corrected chi connectivity index (χ0v) is 12.7. The lowest BCUT2D eigenvalue weighted by Gasteiger charge is -2.34. The van der Waals surface area contributed by atoms with E-state index in [0.29, 0.717) is 5.92 Å². The van der Waals surface area contributed by atoms with Crippen LogP contribution in [0.5, 0.6) is 5.75 Å². The lowest BCUT2D eigenvalue weighted by molar-refractivity contribution is 0.156. The van der Waals surface area contributed by atoms with Crippen LogP contribution in [0.1, 0.15) is 45.2 Å². The maximum Gasteiger partial charge on any atom is 0.124 e. The summed E-state index contributed by atoms with van der Waals surface area (Å²) in [6.45, 7) is 8.31. The van der Waals surface area contributed by atoms with Crippen molar-refractivity contribution in [3.63, 3.8) is 0 Å². The van der Waals surface area contributed by atoms with E-state index in [1.54, 1.807) is 0 Å².